The molecule has 1 aliphatic carbocycles. The van der Waals surface area contributed by atoms with E-state index < -0.39 is 6.17 Å². The maximum absolute atomic E-state index is 10.1. The summed E-state index contributed by atoms with van der Waals surface area (Å²) in [4.78, 5) is 0. The zero-order valence-electron chi connectivity index (χ0n) is 8.99. The maximum Gasteiger partial charge on any atom is 0.168 e. The van der Waals surface area contributed by atoms with Gasteiger partial charge in [0, 0.05) is 0 Å². The van der Waals surface area contributed by atoms with E-state index in [0.29, 0.717) is 5.76 Å². The third kappa shape index (κ3) is 1.40. The second kappa shape index (κ2) is 3.85. The van der Waals surface area contributed by atoms with Crippen LogP contribution in [-0.4, -0.2) is 32.6 Å². The molecular formula is C11H16N2O3. The molecule has 0 amide bonds. The second-order valence-electron chi connectivity index (χ2n) is 4.57. The van der Waals surface area contributed by atoms with Gasteiger partial charge in [0.2, 0.25) is 0 Å². The third-order valence-corrected chi connectivity index (χ3v) is 3.67. The van der Waals surface area contributed by atoms with E-state index in [4.69, 9.17) is 4.42 Å². The monoisotopic (exact) mass is 224 g/mol. The van der Waals surface area contributed by atoms with Crippen LogP contribution in [0.5, 0.6) is 0 Å². The lowest BCUT2D eigenvalue weighted by Crippen LogP contribution is -2.37. The molecule has 1 aromatic heterocycles. The number of nitrogens with zero attached hydrogens (tertiary/aromatic N) is 2. The van der Waals surface area contributed by atoms with E-state index in [2.05, 4.69) is 0 Å². The Morgan fingerprint density at radius 3 is 2.25 bits per heavy atom. The fourth-order valence-electron chi connectivity index (χ4n) is 2.89. The Kier molecular flexibility index (Phi) is 2.48. The Morgan fingerprint density at radius 1 is 1.12 bits per heavy atom. The third-order valence-electron chi connectivity index (χ3n) is 3.67. The first-order chi connectivity index (χ1) is 7.79. The van der Waals surface area contributed by atoms with E-state index in [0.717, 1.165) is 25.7 Å². The standard InChI is InChI=1S/C11H16N2O3/c14-12-8-4-1-2-5-9(8)13(15)11(12)10-6-3-7-16-10/h3,6-9,11,14-15H,1-2,4-5H2/t8-,9+,11?. The molecule has 0 bridgehead atoms. The SMILES string of the molecule is ON1C(c2ccco2)N(O)[C@H]2CCCC[C@H]21. The Balaban J connectivity index is 1.90. The number of hydrogen-bond donors (Lipinski definition) is 2. The van der Waals surface area contributed by atoms with Crippen molar-refractivity contribution in [3.8, 4) is 0 Å². The molecule has 3 atom stereocenters. The summed E-state index contributed by atoms with van der Waals surface area (Å²) in [5.41, 5.74) is 0. The van der Waals surface area contributed by atoms with Crippen LogP contribution in [0, 0.1) is 0 Å². The molecular weight excluding hydrogens is 208 g/mol. The van der Waals surface area contributed by atoms with E-state index in [1.165, 1.54) is 10.1 Å². The van der Waals surface area contributed by atoms with Gasteiger partial charge in [-0.1, -0.05) is 12.8 Å². The van der Waals surface area contributed by atoms with Crippen molar-refractivity contribution in [1.82, 2.24) is 10.1 Å². The predicted molar refractivity (Wildman–Crippen MR) is 54.7 cm³/mol. The minimum Gasteiger partial charge on any atom is -0.466 e. The van der Waals surface area contributed by atoms with Crippen LogP contribution in [0.4, 0.5) is 0 Å². The first-order valence-electron chi connectivity index (χ1n) is 5.77. The summed E-state index contributed by atoms with van der Waals surface area (Å²) < 4.78 is 5.26. The van der Waals surface area contributed by atoms with E-state index in [1.807, 2.05) is 0 Å². The minimum atomic E-state index is -0.553. The Hall–Kier alpha value is -0.880. The molecule has 0 radical (unpaired) electrons. The highest BCUT2D eigenvalue weighted by molar-refractivity contribution is 5.08. The highest BCUT2D eigenvalue weighted by atomic mass is 16.6. The van der Waals surface area contributed by atoms with E-state index in [-0.39, 0.29) is 12.1 Å². The Morgan fingerprint density at radius 2 is 1.75 bits per heavy atom. The van der Waals surface area contributed by atoms with E-state index in [9.17, 15) is 10.4 Å². The van der Waals surface area contributed by atoms with Gasteiger partial charge < -0.3 is 14.8 Å². The molecule has 1 unspecified atom stereocenters. The highest BCUT2D eigenvalue weighted by Gasteiger charge is 2.49. The highest BCUT2D eigenvalue weighted by Crippen LogP contribution is 2.40. The number of rotatable bonds is 1. The molecule has 1 saturated carbocycles. The fourth-order valence-corrected chi connectivity index (χ4v) is 2.89. The molecule has 2 N–H and O–H groups in total. The molecule has 1 saturated heterocycles. The normalized spacial score (nSPS) is 36.5. The molecule has 0 aromatic carbocycles. The van der Waals surface area contributed by atoms with Crippen LogP contribution < -0.4 is 0 Å². The zero-order valence-corrected chi connectivity index (χ0v) is 8.99. The van der Waals surface area contributed by atoms with Crippen LogP contribution in [0.25, 0.3) is 0 Å². The minimum absolute atomic E-state index is 0.0221. The topological polar surface area (TPSA) is 60.1 Å². The van der Waals surface area contributed by atoms with Crippen molar-refractivity contribution >= 4 is 0 Å². The number of hydroxylamine groups is 4. The molecule has 5 heteroatoms. The molecule has 16 heavy (non-hydrogen) atoms. The van der Waals surface area contributed by atoms with Crippen molar-refractivity contribution in [2.75, 3.05) is 0 Å². The Labute approximate surface area is 93.8 Å². The zero-order chi connectivity index (χ0) is 11.1. The van der Waals surface area contributed by atoms with Gasteiger partial charge in [-0.25, -0.2) is 0 Å². The summed E-state index contributed by atoms with van der Waals surface area (Å²) in [7, 11) is 0. The van der Waals surface area contributed by atoms with Gasteiger partial charge in [0.25, 0.3) is 0 Å². The molecule has 5 nitrogen and oxygen atoms in total. The van der Waals surface area contributed by atoms with Crippen LogP contribution in [0.3, 0.4) is 0 Å². The van der Waals surface area contributed by atoms with Crippen LogP contribution in [-0.2, 0) is 0 Å². The van der Waals surface area contributed by atoms with Crippen molar-refractivity contribution in [1.29, 1.82) is 0 Å². The van der Waals surface area contributed by atoms with Gasteiger partial charge in [0.1, 0.15) is 5.76 Å². The average molecular weight is 224 g/mol. The van der Waals surface area contributed by atoms with E-state index in [1.54, 1.807) is 18.4 Å². The van der Waals surface area contributed by atoms with Gasteiger partial charge in [-0.15, -0.1) is 0 Å². The lowest BCUT2D eigenvalue weighted by atomic mass is 9.91. The summed E-state index contributed by atoms with van der Waals surface area (Å²) in [6.45, 7) is 0. The molecule has 0 spiro atoms. The Bertz CT molecular complexity index is 336. The lowest BCUT2D eigenvalue weighted by Gasteiger charge is -2.27. The summed E-state index contributed by atoms with van der Waals surface area (Å²) in [5.74, 6) is 0.583. The van der Waals surface area contributed by atoms with Gasteiger partial charge >= 0.3 is 0 Å². The van der Waals surface area contributed by atoms with Crippen LogP contribution in [0.1, 0.15) is 37.6 Å². The number of furan rings is 1. The van der Waals surface area contributed by atoms with Crippen LogP contribution in [0.2, 0.25) is 0 Å². The second-order valence-corrected chi connectivity index (χ2v) is 4.57. The van der Waals surface area contributed by atoms with Crippen molar-refractivity contribution in [2.45, 2.75) is 43.9 Å². The van der Waals surface area contributed by atoms with Gasteiger partial charge in [-0.3, -0.25) is 0 Å². The van der Waals surface area contributed by atoms with Crippen molar-refractivity contribution in [2.24, 2.45) is 0 Å². The maximum atomic E-state index is 10.1. The molecule has 1 aromatic rings. The molecule has 2 aliphatic rings. The molecule has 2 fully saturated rings. The summed E-state index contributed by atoms with van der Waals surface area (Å²) in [6.07, 6.45) is 5.07. The summed E-state index contributed by atoms with van der Waals surface area (Å²) in [6, 6.07) is 3.58. The summed E-state index contributed by atoms with van der Waals surface area (Å²) >= 11 is 0. The molecule has 1 aliphatic heterocycles. The molecule has 88 valence electrons. The smallest absolute Gasteiger partial charge is 0.168 e. The quantitative estimate of drug-likeness (QED) is 0.763. The predicted octanol–water partition coefficient (Wildman–Crippen LogP) is 1.99. The summed E-state index contributed by atoms with van der Waals surface area (Å²) in [5, 5.41) is 22.7. The fraction of sp³-hybridized carbons (Fsp3) is 0.636. The van der Waals surface area contributed by atoms with Crippen molar-refractivity contribution in [3.05, 3.63) is 24.2 Å². The number of fused-ring (bicyclic) bond motifs is 1. The van der Waals surface area contributed by atoms with Gasteiger partial charge in [0.05, 0.1) is 18.3 Å². The average Bonchev–Trinajstić information content (AvgIpc) is 2.89. The van der Waals surface area contributed by atoms with Gasteiger partial charge in [-0.05, 0) is 25.0 Å². The van der Waals surface area contributed by atoms with Crippen molar-refractivity contribution < 1.29 is 14.8 Å². The number of hydrogen-bond acceptors (Lipinski definition) is 5. The first-order valence-corrected chi connectivity index (χ1v) is 5.77. The largest absolute Gasteiger partial charge is 0.466 e. The van der Waals surface area contributed by atoms with Gasteiger partial charge in [-0.2, -0.15) is 10.1 Å². The van der Waals surface area contributed by atoms with Crippen LogP contribution in [0.15, 0.2) is 22.8 Å². The lowest BCUT2D eigenvalue weighted by molar-refractivity contribution is -0.216. The van der Waals surface area contributed by atoms with Crippen molar-refractivity contribution in [3.63, 3.8) is 0 Å². The molecule has 2 heterocycles. The first kappa shape index (κ1) is 10.3. The van der Waals surface area contributed by atoms with Crippen LogP contribution >= 0.6 is 0 Å². The van der Waals surface area contributed by atoms with E-state index >= 15 is 0 Å². The van der Waals surface area contributed by atoms with Gasteiger partial charge in [0.15, 0.2) is 6.17 Å². The molecule has 3 rings (SSSR count).